The Balaban J connectivity index is 2.02. The summed E-state index contributed by atoms with van der Waals surface area (Å²) in [6.07, 6.45) is 1.95. The number of aryl methyl sites for hydroxylation is 1. The van der Waals surface area contributed by atoms with Crippen molar-refractivity contribution in [2.75, 3.05) is 30.9 Å². The lowest BCUT2D eigenvalue weighted by atomic mass is 10.1. The molecule has 0 amide bonds. The Morgan fingerprint density at radius 1 is 1.30 bits per heavy atom. The maximum atomic E-state index is 5.40. The molecule has 0 saturated carbocycles. The van der Waals surface area contributed by atoms with E-state index in [0.717, 1.165) is 35.6 Å². The smallest absolute Gasteiger partial charge is 0.227 e. The van der Waals surface area contributed by atoms with Crippen LogP contribution in [0.25, 0.3) is 0 Å². The highest BCUT2D eigenvalue weighted by Crippen LogP contribution is 2.19. The number of nitrogens with zero attached hydrogens (tertiary/aromatic N) is 4. The zero-order chi connectivity index (χ0) is 14.7. The van der Waals surface area contributed by atoms with E-state index in [-0.39, 0.29) is 6.10 Å². The van der Waals surface area contributed by atoms with E-state index < -0.39 is 0 Å². The average Bonchev–Trinajstić information content (AvgIpc) is 2.88. The lowest BCUT2D eigenvalue weighted by Crippen LogP contribution is -2.22. The molecule has 6 heteroatoms. The largest absolute Gasteiger partial charge is 0.390 e. The van der Waals surface area contributed by atoms with Crippen LogP contribution in [0.4, 0.5) is 11.8 Å². The predicted octanol–water partition coefficient (Wildman–Crippen LogP) is 2.13. The molecular formula is C14H23N5O. The van der Waals surface area contributed by atoms with Crippen molar-refractivity contribution >= 4 is 17.5 Å². The molecule has 0 bridgehead atoms. The summed E-state index contributed by atoms with van der Waals surface area (Å²) < 4.78 is 0. The van der Waals surface area contributed by atoms with E-state index in [0.29, 0.717) is 12.5 Å². The molecule has 20 heavy (non-hydrogen) atoms. The molecule has 1 atom stereocenters. The van der Waals surface area contributed by atoms with Crippen molar-refractivity contribution < 1.29 is 4.84 Å². The third kappa shape index (κ3) is 3.18. The Kier molecular flexibility index (Phi) is 4.42. The maximum Gasteiger partial charge on any atom is 0.227 e. The molecule has 0 aromatic carbocycles. The van der Waals surface area contributed by atoms with E-state index in [4.69, 9.17) is 4.84 Å². The van der Waals surface area contributed by atoms with E-state index >= 15 is 0 Å². The number of aromatic nitrogens is 2. The second-order valence-electron chi connectivity index (χ2n) is 5.30. The van der Waals surface area contributed by atoms with Crippen LogP contribution < -0.4 is 10.2 Å². The van der Waals surface area contributed by atoms with Gasteiger partial charge in [-0.2, -0.15) is 4.98 Å². The van der Waals surface area contributed by atoms with Crippen LogP contribution in [-0.4, -0.2) is 42.4 Å². The van der Waals surface area contributed by atoms with Gasteiger partial charge in [-0.25, -0.2) is 4.98 Å². The van der Waals surface area contributed by atoms with Gasteiger partial charge in [0.15, 0.2) is 0 Å². The van der Waals surface area contributed by atoms with Gasteiger partial charge in [0, 0.05) is 31.8 Å². The van der Waals surface area contributed by atoms with Crippen molar-refractivity contribution in [3.63, 3.8) is 0 Å². The Morgan fingerprint density at radius 3 is 2.65 bits per heavy atom. The molecule has 110 valence electrons. The van der Waals surface area contributed by atoms with Crippen LogP contribution in [0.3, 0.4) is 0 Å². The Bertz CT molecular complexity index is 513. The minimum absolute atomic E-state index is 0.0995. The maximum absolute atomic E-state index is 5.40. The summed E-state index contributed by atoms with van der Waals surface area (Å²) in [6.45, 7) is 6.83. The Labute approximate surface area is 120 Å². The summed E-state index contributed by atoms with van der Waals surface area (Å²) in [7, 11) is 3.88. The van der Waals surface area contributed by atoms with Crippen LogP contribution in [0.2, 0.25) is 0 Å². The van der Waals surface area contributed by atoms with E-state index in [2.05, 4.69) is 27.4 Å². The van der Waals surface area contributed by atoms with Gasteiger partial charge in [0.2, 0.25) is 5.95 Å². The van der Waals surface area contributed by atoms with Crippen molar-refractivity contribution in [2.24, 2.45) is 5.16 Å². The summed E-state index contributed by atoms with van der Waals surface area (Å²) in [5.74, 6) is 1.59. The van der Waals surface area contributed by atoms with E-state index in [9.17, 15) is 0 Å². The lowest BCUT2D eigenvalue weighted by molar-refractivity contribution is 0.0948. The third-order valence-electron chi connectivity index (χ3n) is 3.48. The van der Waals surface area contributed by atoms with Crippen molar-refractivity contribution in [1.29, 1.82) is 0 Å². The predicted molar refractivity (Wildman–Crippen MR) is 81.5 cm³/mol. The molecule has 0 radical (unpaired) electrons. The van der Waals surface area contributed by atoms with Crippen LogP contribution in [0.5, 0.6) is 0 Å². The van der Waals surface area contributed by atoms with Crippen molar-refractivity contribution in [3.8, 4) is 0 Å². The normalized spacial score (nSPS) is 17.6. The highest BCUT2D eigenvalue weighted by molar-refractivity contribution is 5.85. The average molecular weight is 277 g/mol. The van der Waals surface area contributed by atoms with Gasteiger partial charge in [0.05, 0.1) is 12.3 Å². The molecule has 0 saturated heterocycles. The number of hydrogen-bond donors (Lipinski definition) is 1. The number of hydrogen-bond acceptors (Lipinski definition) is 6. The van der Waals surface area contributed by atoms with Gasteiger partial charge in [-0.3, -0.25) is 0 Å². The van der Waals surface area contributed by atoms with Crippen LogP contribution >= 0.6 is 0 Å². The standard InChI is InChI=1S/C14H23N5O/c1-6-11-7-12(20-18-11)8-15-13-9(2)10(3)16-14(17-13)19(4)5/h12H,6-8H2,1-5H3,(H,15,16,17)/t12-/m1/s1. The molecule has 1 aromatic rings. The van der Waals surface area contributed by atoms with Crippen LogP contribution in [-0.2, 0) is 4.84 Å². The van der Waals surface area contributed by atoms with Gasteiger partial charge in [-0.05, 0) is 20.3 Å². The SMILES string of the molecule is CCC1=NO[C@@H](CNc2nc(N(C)C)nc(C)c2C)C1. The van der Waals surface area contributed by atoms with Gasteiger partial charge < -0.3 is 15.1 Å². The van der Waals surface area contributed by atoms with Gasteiger partial charge in [-0.15, -0.1) is 0 Å². The highest BCUT2D eigenvalue weighted by atomic mass is 16.6. The first-order chi connectivity index (χ1) is 9.51. The van der Waals surface area contributed by atoms with Gasteiger partial charge in [-0.1, -0.05) is 12.1 Å². The summed E-state index contributed by atoms with van der Waals surface area (Å²) in [4.78, 5) is 16.3. The Hall–Kier alpha value is -1.85. The molecule has 1 aliphatic rings. The minimum atomic E-state index is 0.0995. The fraction of sp³-hybridized carbons (Fsp3) is 0.643. The van der Waals surface area contributed by atoms with E-state index in [1.54, 1.807) is 0 Å². The first kappa shape index (κ1) is 14.6. The molecule has 0 unspecified atom stereocenters. The third-order valence-corrected chi connectivity index (χ3v) is 3.48. The molecule has 6 nitrogen and oxygen atoms in total. The van der Waals surface area contributed by atoms with Crippen molar-refractivity contribution in [2.45, 2.75) is 39.7 Å². The van der Waals surface area contributed by atoms with Crippen LogP contribution in [0.1, 0.15) is 31.0 Å². The molecular weight excluding hydrogens is 254 g/mol. The van der Waals surface area contributed by atoms with Crippen LogP contribution in [0.15, 0.2) is 5.16 Å². The second kappa shape index (κ2) is 6.07. The number of anilines is 2. The molecule has 0 aliphatic carbocycles. The number of oxime groups is 1. The molecule has 1 aliphatic heterocycles. The molecule has 1 aromatic heterocycles. The van der Waals surface area contributed by atoms with Gasteiger partial charge >= 0.3 is 0 Å². The van der Waals surface area contributed by atoms with Gasteiger partial charge in [0.25, 0.3) is 0 Å². The lowest BCUT2D eigenvalue weighted by Gasteiger charge is -2.17. The zero-order valence-electron chi connectivity index (χ0n) is 12.9. The minimum Gasteiger partial charge on any atom is -0.390 e. The van der Waals surface area contributed by atoms with Crippen molar-refractivity contribution in [1.82, 2.24) is 9.97 Å². The molecule has 0 fully saturated rings. The monoisotopic (exact) mass is 277 g/mol. The topological polar surface area (TPSA) is 62.6 Å². The second-order valence-corrected chi connectivity index (χ2v) is 5.30. The van der Waals surface area contributed by atoms with E-state index in [1.807, 2.05) is 32.8 Å². The van der Waals surface area contributed by atoms with E-state index in [1.165, 1.54) is 0 Å². The highest BCUT2D eigenvalue weighted by Gasteiger charge is 2.20. The summed E-state index contributed by atoms with van der Waals surface area (Å²) in [5, 5.41) is 7.43. The zero-order valence-corrected chi connectivity index (χ0v) is 12.9. The van der Waals surface area contributed by atoms with Crippen molar-refractivity contribution in [3.05, 3.63) is 11.3 Å². The first-order valence-corrected chi connectivity index (χ1v) is 6.99. The molecule has 2 rings (SSSR count). The summed E-state index contributed by atoms with van der Waals surface area (Å²) in [6, 6.07) is 0. The molecule has 1 N–H and O–H groups in total. The molecule has 0 spiro atoms. The summed E-state index contributed by atoms with van der Waals surface area (Å²) >= 11 is 0. The fourth-order valence-corrected chi connectivity index (χ4v) is 2.00. The Morgan fingerprint density at radius 2 is 2.05 bits per heavy atom. The van der Waals surface area contributed by atoms with Gasteiger partial charge in [0.1, 0.15) is 11.9 Å². The first-order valence-electron chi connectivity index (χ1n) is 6.99. The summed E-state index contributed by atoms with van der Waals surface area (Å²) in [5.41, 5.74) is 3.19. The van der Waals surface area contributed by atoms with Crippen LogP contribution in [0, 0.1) is 13.8 Å². The molecule has 2 heterocycles. The number of nitrogens with one attached hydrogen (secondary N) is 1. The number of rotatable bonds is 5. The fourth-order valence-electron chi connectivity index (χ4n) is 2.00. The quantitative estimate of drug-likeness (QED) is 0.893.